The average Bonchev–Trinajstić information content (AvgIpc) is 3.97. The number of likely N-dealkylation sites (N-methyl/N-ethyl adjacent to an activating group) is 1. The molecule has 0 saturated carbocycles. The summed E-state index contributed by atoms with van der Waals surface area (Å²) in [5, 5.41) is 46.7. The van der Waals surface area contributed by atoms with Crippen molar-refractivity contribution in [3.05, 3.63) is 10.6 Å². The standard InChI is InChI=1S/C38H67N13O12S.O.Tc/c1-21(53)30(48-28(54)17-43-31(56)25(20-64)47-32(57)24(19-52)44-29(55)18-49(2)3)34(59)45-22(9-4-5-13-39)35(60)51-16-8-12-27(51)36(61)50-15-7-11-26(50)33(58)46-23(37(62)63)10-6-14-42-38(40)41;;/h21-27,30,52-53H,4-20,39H2,1-3H3,(H12,40,41,42,43,44,45,46,47,48,54,55,56,57,58,59,62,63,64);;/q;;+3/p-3/t21-,22+,23+,24+,25+,26+,27+,30+;;/m1../s1/i;;1+1. The molecule has 8 atom stereocenters. The Morgan fingerprint density at radius 1 is 0.864 bits per heavy atom. The Bertz CT molecular complexity index is 1690. The summed E-state index contributed by atoms with van der Waals surface area (Å²) in [6.07, 6.45) is 1.09. The van der Waals surface area contributed by atoms with Crippen LogP contribution >= 0.6 is 0 Å². The molecule has 66 heavy (non-hydrogen) atoms. The summed E-state index contributed by atoms with van der Waals surface area (Å²) in [4.78, 5) is 126. The van der Waals surface area contributed by atoms with Crippen molar-refractivity contribution in [1.29, 1.82) is 0 Å². The van der Waals surface area contributed by atoms with Crippen molar-refractivity contribution in [3.63, 3.8) is 0 Å². The molecular formula is C38H64N13O13STc. The van der Waals surface area contributed by atoms with Gasteiger partial charge in [-0.15, -0.1) is 0 Å². The van der Waals surface area contributed by atoms with Gasteiger partial charge in [0.15, 0.2) is 5.96 Å². The number of nitrogens with two attached hydrogens (primary N) is 3. The molecule has 2 saturated heterocycles. The molecule has 0 spiro atoms. The van der Waals surface area contributed by atoms with E-state index in [2.05, 4.69) is 36.9 Å². The van der Waals surface area contributed by atoms with Gasteiger partial charge in [-0.05, 0) is 91.4 Å². The molecule has 0 aromatic carbocycles. The molecule has 0 aromatic heterocycles. The molecule has 0 radical (unpaired) electrons. The molecule has 2 aliphatic heterocycles. The monoisotopic (exact) mass is 1040 g/mol. The number of carbonyl (C=O) groups is 9. The number of aliphatic hydroxyl groups is 2. The fraction of sp³-hybridized carbons (Fsp3) is 0.737. The van der Waals surface area contributed by atoms with Crippen LogP contribution in [0.4, 0.5) is 0 Å². The molecule has 0 aliphatic carbocycles. The van der Waals surface area contributed by atoms with Crippen molar-refractivity contribution in [2.75, 3.05) is 65.7 Å². The molecule has 0 aromatic rings. The molecule has 13 N–H and O–H groups in total. The number of nitrogens with one attached hydrogen (secondary N) is 4. The number of aliphatic carboxylic acids is 1. The zero-order valence-electron chi connectivity index (χ0n) is 37.3. The first kappa shape index (κ1) is 59.2. The van der Waals surface area contributed by atoms with Crippen LogP contribution < -0.4 is 38.5 Å². The maximum absolute atomic E-state index is 14.2. The molecule has 2 rings (SSSR count). The fourth-order valence-electron chi connectivity index (χ4n) is 7.01. The number of carboxylic acid groups (broad SMARTS) is 1. The van der Waals surface area contributed by atoms with Gasteiger partial charge in [0.2, 0.25) is 35.4 Å². The summed E-state index contributed by atoms with van der Waals surface area (Å²) in [6, 6.07) is -9.21. The van der Waals surface area contributed by atoms with E-state index in [-0.39, 0.29) is 70.8 Å². The number of carbonyl (C=O) groups excluding carboxylic acids is 8. The van der Waals surface area contributed by atoms with Gasteiger partial charge in [0.05, 0.1) is 18.6 Å². The van der Waals surface area contributed by atoms with Crippen molar-refractivity contribution in [3.8, 4) is 0 Å². The van der Waals surface area contributed by atoms with Crippen LogP contribution in [-0.2, 0) is 78.1 Å². The number of unbranched alkanes of at least 4 members (excludes halogenated alkanes) is 1. The topological polar surface area (TPSA) is 408 Å². The Morgan fingerprint density at radius 3 is 2.05 bits per heavy atom. The van der Waals surface area contributed by atoms with Crippen molar-refractivity contribution in [2.24, 2.45) is 22.2 Å². The van der Waals surface area contributed by atoms with Crippen LogP contribution in [0.3, 0.4) is 0 Å². The normalized spacial score (nSPS) is 18.2. The number of hydrogen-bond acceptors (Lipinski definition) is 16. The molecule has 0 bridgehead atoms. The fourth-order valence-corrected chi connectivity index (χ4v) is 7.23. The van der Waals surface area contributed by atoms with Gasteiger partial charge in [-0.2, -0.15) is 5.75 Å². The summed E-state index contributed by atoms with van der Waals surface area (Å²) in [5.41, 5.74) is 16.3. The van der Waals surface area contributed by atoms with Crippen molar-refractivity contribution in [1.82, 2.24) is 36.0 Å². The number of guanidine groups is 1. The van der Waals surface area contributed by atoms with E-state index >= 15 is 0 Å². The van der Waals surface area contributed by atoms with E-state index in [4.69, 9.17) is 33.3 Å². The first-order chi connectivity index (χ1) is 31.2. The van der Waals surface area contributed by atoms with E-state index in [9.17, 15) is 58.5 Å². The van der Waals surface area contributed by atoms with E-state index in [0.717, 1.165) is 18.9 Å². The second kappa shape index (κ2) is 31.2. The van der Waals surface area contributed by atoms with Gasteiger partial charge in [-0.25, -0.2) is 4.79 Å². The summed E-state index contributed by atoms with van der Waals surface area (Å²) in [7, 11) is 3.19. The minimum absolute atomic E-state index is 0.0283. The van der Waals surface area contributed by atoms with Crippen LogP contribution in [-0.4, -0.2) is 203 Å². The number of likely N-dealkylation sites (tertiary alicyclic amines) is 2. The number of hydrogen-bond donors (Lipinski definition) is 10. The first-order valence-electron chi connectivity index (χ1n) is 21.2. The summed E-state index contributed by atoms with van der Waals surface area (Å²) >= 11 is 5.84. The van der Waals surface area contributed by atoms with Gasteiger partial charge < -0.3 is 101 Å². The van der Waals surface area contributed by atoms with Crippen molar-refractivity contribution in [2.45, 2.75) is 113 Å². The molecule has 2 fully saturated rings. The van der Waals surface area contributed by atoms with Gasteiger partial charge in [-0.1, -0.05) is 6.04 Å². The van der Waals surface area contributed by atoms with Crippen LogP contribution in [0.5, 0.6) is 0 Å². The molecule has 0 unspecified atom stereocenters. The van der Waals surface area contributed by atoms with Crippen molar-refractivity contribution < 1.29 is 80.8 Å². The van der Waals surface area contributed by atoms with Crippen LogP contribution in [0.15, 0.2) is 4.99 Å². The molecule has 372 valence electrons. The Balaban J connectivity index is 0.0000107. The third kappa shape index (κ3) is 19.9. The van der Waals surface area contributed by atoms with Crippen LogP contribution in [0.2, 0.25) is 0 Å². The second-order valence-corrected chi connectivity index (χ2v) is 16.0. The molecular weight excluding hydrogens is 977 g/mol. The third-order valence-electron chi connectivity index (χ3n) is 10.2. The number of nitrogens with zero attached hydrogens (tertiary/aromatic N) is 6. The SMILES string of the molecule is C[C@@H](O)[C@H](NC(=O)CNC(=O)[C@H](C[S-])[N-]C(=O)[C@H](CO)[N-]C(=O)CN(C)C)C(=O)N[C@@H](CCCCN)C(=O)N1CCC[C@H]1C(=O)N1CCC[C@H]1C(=O)N[C@@H](CCCN=C(N)N)C(=O)O.[O]=[99Tc+3]. The second-order valence-electron chi connectivity index (χ2n) is 15.7. The zero-order chi connectivity index (χ0) is 50.1. The van der Waals surface area contributed by atoms with E-state index in [1.807, 2.05) is 0 Å². The first-order valence-corrected chi connectivity index (χ1v) is 22.5. The molecule has 26 nitrogen and oxygen atoms in total. The Labute approximate surface area is 398 Å². The Hall–Kier alpha value is -4.86. The summed E-state index contributed by atoms with van der Waals surface area (Å²) < 4.78 is 8.22. The predicted molar refractivity (Wildman–Crippen MR) is 233 cm³/mol. The van der Waals surface area contributed by atoms with Gasteiger partial charge in [0, 0.05) is 38.7 Å². The van der Waals surface area contributed by atoms with Gasteiger partial charge in [-0.3, -0.25) is 33.8 Å². The third-order valence-corrected chi connectivity index (χ3v) is 10.6. The quantitative estimate of drug-likeness (QED) is 0.0159. The van der Waals surface area contributed by atoms with Crippen LogP contribution in [0.1, 0.15) is 64.7 Å². The average molecular weight is 1040 g/mol. The number of aliphatic hydroxyl groups excluding tert-OH is 2. The van der Waals surface area contributed by atoms with Crippen LogP contribution in [0.25, 0.3) is 10.6 Å². The molecule has 28 heteroatoms. The van der Waals surface area contributed by atoms with Crippen LogP contribution in [0, 0.1) is 0 Å². The Morgan fingerprint density at radius 2 is 1.48 bits per heavy atom. The van der Waals surface area contributed by atoms with E-state index in [1.54, 1.807) is 14.1 Å². The Kier molecular flexibility index (Phi) is 27.9. The molecule has 2 heterocycles. The summed E-state index contributed by atoms with van der Waals surface area (Å²) in [6.45, 7) is 0.194. The van der Waals surface area contributed by atoms with E-state index < -0.39 is 121 Å². The number of amides is 8. The maximum atomic E-state index is 14.2. The minimum atomic E-state index is -1.64. The van der Waals surface area contributed by atoms with E-state index in [0.29, 0.717) is 25.7 Å². The van der Waals surface area contributed by atoms with Crippen molar-refractivity contribution >= 4 is 71.8 Å². The summed E-state index contributed by atoms with van der Waals surface area (Å²) in [5.74, 6) is -8.32. The predicted octanol–water partition coefficient (Wildman–Crippen LogP) is -5.30. The van der Waals surface area contributed by atoms with Gasteiger partial charge in [0.1, 0.15) is 30.2 Å². The van der Waals surface area contributed by atoms with Gasteiger partial charge >= 0.3 is 28.3 Å². The molecule has 8 amide bonds. The zero-order valence-corrected chi connectivity index (χ0v) is 39.9. The van der Waals surface area contributed by atoms with E-state index in [1.165, 1.54) is 21.6 Å². The number of rotatable bonds is 27. The number of aliphatic imine (C=N–C) groups is 1. The number of carboxylic acids is 1. The van der Waals surface area contributed by atoms with Gasteiger partial charge in [0.25, 0.3) is 0 Å². The molecule has 2 aliphatic rings.